The van der Waals surface area contributed by atoms with Crippen molar-refractivity contribution in [2.24, 2.45) is 0 Å². The van der Waals surface area contributed by atoms with Gasteiger partial charge in [-0.05, 0) is 42.3 Å². The molecular weight excluding hydrogens is 433 g/mol. The first-order valence-corrected chi connectivity index (χ1v) is 12.6. The smallest absolute Gasteiger partial charge is 0.255 e. The van der Waals surface area contributed by atoms with Crippen molar-refractivity contribution in [3.63, 3.8) is 0 Å². The molecule has 1 fully saturated rings. The molecule has 2 aliphatic heterocycles. The molecule has 0 aliphatic carbocycles. The van der Waals surface area contributed by atoms with Gasteiger partial charge in [0, 0.05) is 50.2 Å². The van der Waals surface area contributed by atoms with Gasteiger partial charge in [0.05, 0.1) is 5.75 Å². The van der Waals surface area contributed by atoms with Crippen molar-refractivity contribution in [1.82, 2.24) is 9.80 Å². The number of carbonyl (C=O) groups is 2. The molecule has 0 spiro atoms. The zero-order valence-electron chi connectivity index (χ0n) is 17.9. The molecule has 1 unspecified atom stereocenters. The lowest BCUT2D eigenvalue weighted by atomic mass is 10.1. The lowest BCUT2D eigenvalue weighted by Gasteiger charge is -2.39. The Kier molecular flexibility index (Phi) is 6.19. The van der Waals surface area contributed by atoms with E-state index in [9.17, 15) is 22.4 Å². The average molecular weight is 460 g/mol. The van der Waals surface area contributed by atoms with Crippen LogP contribution in [0.5, 0.6) is 0 Å². The van der Waals surface area contributed by atoms with E-state index in [1.807, 2.05) is 12.1 Å². The summed E-state index contributed by atoms with van der Waals surface area (Å²) in [6.07, 6.45) is 1.20. The summed E-state index contributed by atoms with van der Waals surface area (Å²) in [5.74, 6) is -0.933. The van der Waals surface area contributed by atoms with E-state index in [-0.39, 0.29) is 29.8 Å². The number of hydrogen-bond acceptors (Lipinski definition) is 5. The maximum atomic E-state index is 13.5. The summed E-state index contributed by atoms with van der Waals surface area (Å²) >= 11 is 0. The lowest BCUT2D eigenvalue weighted by Crippen LogP contribution is -2.55. The Morgan fingerprint density at radius 1 is 1.03 bits per heavy atom. The maximum absolute atomic E-state index is 13.5. The van der Waals surface area contributed by atoms with Gasteiger partial charge in [-0.25, -0.2) is 12.8 Å². The molecule has 2 amide bonds. The molecule has 0 radical (unpaired) electrons. The van der Waals surface area contributed by atoms with Crippen molar-refractivity contribution in [3.05, 3.63) is 65.5 Å². The van der Waals surface area contributed by atoms with E-state index in [0.717, 1.165) is 17.5 Å². The summed E-state index contributed by atoms with van der Waals surface area (Å²) in [6.45, 7) is 2.33. The number of halogens is 1. The average Bonchev–Trinajstić information content (AvgIpc) is 3.10. The van der Waals surface area contributed by atoms with Gasteiger partial charge in [0.2, 0.25) is 5.91 Å². The third-order valence-electron chi connectivity index (χ3n) is 6.06. The normalized spacial score (nSPS) is 17.4. The molecule has 2 heterocycles. The Labute approximate surface area is 187 Å². The van der Waals surface area contributed by atoms with Gasteiger partial charge in [0.25, 0.3) is 5.91 Å². The standard InChI is InChI=1S/C23H26FN3O4S/c1-32(30,31)15-10-21(27-16-17-4-2-3-5-20(17)22(27)28)23(29)26-13-11-25(12-14-26)19-8-6-18(24)7-9-19/h2-9,21H,10-16H2,1H3. The Morgan fingerprint density at radius 2 is 1.69 bits per heavy atom. The van der Waals surface area contributed by atoms with Gasteiger partial charge in [-0.2, -0.15) is 0 Å². The minimum atomic E-state index is -3.29. The van der Waals surface area contributed by atoms with Crippen LogP contribution in [-0.4, -0.2) is 74.3 Å². The van der Waals surface area contributed by atoms with Crippen LogP contribution in [0.3, 0.4) is 0 Å². The maximum Gasteiger partial charge on any atom is 0.255 e. The summed E-state index contributed by atoms with van der Waals surface area (Å²) in [4.78, 5) is 31.7. The fourth-order valence-electron chi connectivity index (χ4n) is 4.31. The van der Waals surface area contributed by atoms with Gasteiger partial charge < -0.3 is 14.7 Å². The SMILES string of the molecule is CS(=O)(=O)CCC(C(=O)N1CCN(c2ccc(F)cc2)CC1)N1Cc2ccccc2C1=O. The predicted octanol–water partition coefficient (Wildman–Crippen LogP) is 1.93. The summed E-state index contributed by atoms with van der Waals surface area (Å²) < 4.78 is 36.8. The topological polar surface area (TPSA) is 78.0 Å². The molecule has 7 nitrogen and oxygen atoms in total. The van der Waals surface area contributed by atoms with E-state index < -0.39 is 15.9 Å². The number of rotatable bonds is 6. The Bertz CT molecular complexity index is 1110. The minimum Gasteiger partial charge on any atom is -0.368 e. The second-order valence-corrected chi connectivity index (χ2v) is 10.6. The van der Waals surface area contributed by atoms with Gasteiger partial charge in [-0.3, -0.25) is 9.59 Å². The monoisotopic (exact) mass is 459 g/mol. The van der Waals surface area contributed by atoms with Crippen LogP contribution in [0, 0.1) is 5.82 Å². The van der Waals surface area contributed by atoms with E-state index in [1.54, 1.807) is 29.2 Å². The molecular formula is C23H26FN3O4S. The molecule has 0 N–H and O–H groups in total. The van der Waals surface area contributed by atoms with E-state index >= 15 is 0 Å². The van der Waals surface area contributed by atoms with Crippen LogP contribution in [0.15, 0.2) is 48.5 Å². The Morgan fingerprint density at radius 3 is 2.31 bits per heavy atom. The van der Waals surface area contributed by atoms with Gasteiger partial charge in [0.15, 0.2) is 0 Å². The van der Waals surface area contributed by atoms with Crippen molar-refractivity contribution in [2.75, 3.05) is 43.1 Å². The summed E-state index contributed by atoms with van der Waals surface area (Å²) in [6, 6.07) is 12.6. The van der Waals surface area contributed by atoms with Crippen LogP contribution >= 0.6 is 0 Å². The minimum absolute atomic E-state index is 0.0651. The second-order valence-electron chi connectivity index (χ2n) is 8.31. The zero-order valence-corrected chi connectivity index (χ0v) is 18.7. The highest BCUT2D eigenvalue weighted by atomic mass is 32.2. The zero-order chi connectivity index (χ0) is 22.9. The number of carbonyl (C=O) groups excluding carboxylic acids is 2. The fraction of sp³-hybridized carbons (Fsp3) is 0.391. The van der Waals surface area contributed by atoms with Crippen LogP contribution in [0.2, 0.25) is 0 Å². The highest BCUT2D eigenvalue weighted by Crippen LogP contribution is 2.27. The van der Waals surface area contributed by atoms with Crippen LogP contribution in [0.4, 0.5) is 10.1 Å². The first-order chi connectivity index (χ1) is 15.2. The summed E-state index contributed by atoms with van der Waals surface area (Å²) in [7, 11) is -3.29. The number of fused-ring (bicyclic) bond motifs is 1. The van der Waals surface area contributed by atoms with Gasteiger partial charge in [0.1, 0.15) is 21.7 Å². The molecule has 0 bridgehead atoms. The number of amides is 2. The number of hydrogen-bond donors (Lipinski definition) is 0. The number of sulfone groups is 1. The van der Waals surface area contributed by atoms with Gasteiger partial charge in [-0.1, -0.05) is 18.2 Å². The van der Waals surface area contributed by atoms with Gasteiger partial charge >= 0.3 is 0 Å². The summed E-state index contributed by atoms with van der Waals surface area (Å²) in [5, 5.41) is 0. The van der Waals surface area contributed by atoms with E-state index in [0.29, 0.717) is 38.3 Å². The number of benzene rings is 2. The second kappa shape index (κ2) is 8.90. The molecule has 0 saturated carbocycles. The number of anilines is 1. The quantitative estimate of drug-likeness (QED) is 0.660. The molecule has 2 aromatic carbocycles. The molecule has 0 aromatic heterocycles. The first-order valence-electron chi connectivity index (χ1n) is 10.6. The van der Waals surface area contributed by atoms with E-state index in [1.165, 1.54) is 17.0 Å². The lowest BCUT2D eigenvalue weighted by molar-refractivity contribution is -0.136. The highest BCUT2D eigenvalue weighted by molar-refractivity contribution is 7.90. The van der Waals surface area contributed by atoms with E-state index in [2.05, 4.69) is 4.90 Å². The molecule has 2 aromatic rings. The van der Waals surface area contributed by atoms with Crippen molar-refractivity contribution >= 4 is 27.3 Å². The predicted molar refractivity (Wildman–Crippen MR) is 120 cm³/mol. The number of piperazine rings is 1. The Hall–Kier alpha value is -2.94. The summed E-state index contributed by atoms with van der Waals surface area (Å²) in [5.41, 5.74) is 2.29. The third kappa shape index (κ3) is 4.77. The molecule has 2 aliphatic rings. The van der Waals surface area contributed by atoms with Crippen LogP contribution in [-0.2, 0) is 21.2 Å². The largest absolute Gasteiger partial charge is 0.368 e. The highest BCUT2D eigenvalue weighted by Gasteiger charge is 2.39. The van der Waals surface area contributed by atoms with Crippen molar-refractivity contribution in [2.45, 2.75) is 19.0 Å². The van der Waals surface area contributed by atoms with Gasteiger partial charge in [-0.15, -0.1) is 0 Å². The number of nitrogens with zero attached hydrogens (tertiary/aromatic N) is 3. The molecule has 170 valence electrons. The van der Waals surface area contributed by atoms with Crippen molar-refractivity contribution in [1.29, 1.82) is 0 Å². The van der Waals surface area contributed by atoms with Crippen molar-refractivity contribution < 1.29 is 22.4 Å². The van der Waals surface area contributed by atoms with Crippen molar-refractivity contribution in [3.8, 4) is 0 Å². The first kappa shape index (κ1) is 22.3. The third-order valence-corrected chi connectivity index (χ3v) is 7.03. The molecule has 4 rings (SSSR count). The Balaban J connectivity index is 1.48. The molecule has 9 heteroatoms. The fourth-order valence-corrected chi connectivity index (χ4v) is 4.97. The molecule has 32 heavy (non-hydrogen) atoms. The van der Waals surface area contributed by atoms with Crippen LogP contribution in [0.25, 0.3) is 0 Å². The van der Waals surface area contributed by atoms with E-state index in [4.69, 9.17) is 0 Å². The van der Waals surface area contributed by atoms with Crippen LogP contribution in [0.1, 0.15) is 22.3 Å². The van der Waals surface area contributed by atoms with Crippen LogP contribution < -0.4 is 4.90 Å². The molecule has 1 atom stereocenters. The molecule has 1 saturated heterocycles.